The third kappa shape index (κ3) is 2.87. The number of aromatic nitrogens is 2. The predicted octanol–water partition coefficient (Wildman–Crippen LogP) is 4.62. The van der Waals surface area contributed by atoms with Crippen molar-refractivity contribution in [3.05, 3.63) is 102 Å². The van der Waals surface area contributed by atoms with Gasteiger partial charge in [-0.2, -0.15) is 0 Å². The monoisotopic (exact) mass is 462 g/mol. The quantitative estimate of drug-likeness (QED) is 0.410. The van der Waals surface area contributed by atoms with E-state index in [1.165, 1.54) is 0 Å². The van der Waals surface area contributed by atoms with Gasteiger partial charge in [0.25, 0.3) is 0 Å². The van der Waals surface area contributed by atoms with Crippen LogP contribution in [0, 0.1) is 0 Å². The van der Waals surface area contributed by atoms with Gasteiger partial charge in [-0.1, -0.05) is 54.6 Å². The maximum Gasteiger partial charge on any atom is 0.247 e. The smallest absolute Gasteiger partial charge is 0.247 e. The van der Waals surface area contributed by atoms with Crippen LogP contribution in [0.1, 0.15) is 16.7 Å². The molecule has 7 rings (SSSR count). The number of anilines is 1. The Labute approximate surface area is 203 Å². The maximum absolute atomic E-state index is 14.9. The number of benzene rings is 3. The molecule has 5 aromatic rings. The Morgan fingerprint density at radius 3 is 1.97 bits per heavy atom. The van der Waals surface area contributed by atoms with Crippen molar-refractivity contribution < 1.29 is 9.53 Å². The summed E-state index contributed by atoms with van der Waals surface area (Å²) in [6.07, 6.45) is 4.05. The highest BCUT2D eigenvalue weighted by Gasteiger charge is 2.55. The van der Waals surface area contributed by atoms with Crippen molar-refractivity contribution in [1.29, 1.82) is 0 Å². The third-order valence-electron chi connectivity index (χ3n) is 7.60. The number of hydrogen-bond acceptors (Lipinski definition) is 3. The molecule has 0 unspecified atom stereocenters. The minimum Gasteiger partial charge on any atom is -0.379 e. The minimum absolute atomic E-state index is 0.0831. The number of carbonyl (C=O) groups excluding carboxylic acids is 1. The van der Waals surface area contributed by atoms with Crippen molar-refractivity contribution in [2.75, 3.05) is 37.9 Å². The molecule has 2 aromatic heterocycles. The Kier molecular flexibility index (Phi) is 4.59. The van der Waals surface area contributed by atoms with Gasteiger partial charge in [0.15, 0.2) is 0 Å². The first-order chi connectivity index (χ1) is 17.3. The van der Waals surface area contributed by atoms with Crippen LogP contribution in [0.15, 0.2) is 85.2 Å². The number of para-hydroxylation sites is 3. The van der Waals surface area contributed by atoms with Gasteiger partial charge in [-0.05, 0) is 18.2 Å². The summed E-state index contributed by atoms with van der Waals surface area (Å²) >= 11 is 0. The lowest BCUT2D eigenvalue weighted by Gasteiger charge is -2.33. The first-order valence-corrected chi connectivity index (χ1v) is 12.1. The van der Waals surface area contributed by atoms with E-state index < -0.39 is 5.41 Å². The second kappa shape index (κ2) is 7.83. The summed E-state index contributed by atoms with van der Waals surface area (Å²) in [5.41, 5.74) is 5.05. The van der Waals surface area contributed by atoms with Gasteiger partial charge < -0.3 is 14.7 Å². The van der Waals surface area contributed by atoms with Crippen LogP contribution < -0.4 is 4.90 Å². The van der Waals surface area contributed by atoms with Gasteiger partial charge in [0.2, 0.25) is 5.91 Å². The molecule has 35 heavy (non-hydrogen) atoms. The van der Waals surface area contributed by atoms with Crippen molar-refractivity contribution in [1.82, 2.24) is 14.9 Å². The number of fused-ring (bicyclic) bond motifs is 3. The highest BCUT2D eigenvalue weighted by atomic mass is 16.5. The van der Waals surface area contributed by atoms with Crippen molar-refractivity contribution in [2.45, 2.75) is 5.41 Å². The minimum atomic E-state index is -0.970. The van der Waals surface area contributed by atoms with Gasteiger partial charge >= 0.3 is 0 Å². The number of H-pyrrole nitrogens is 2. The van der Waals surface area contributed by atoms with Crippen LogP contribution in [-0.2, 0) is 14.9 Å². The lowest BCUT2D eigenvalue weighted by Crippen LogP contribution is -2.49. The summed E-state index contributed by atoms with van der Waals surface area (Å²) in [4.78, 5) is 26.0. The number of amides is 1. The van der Waals surface area contributed by atoms with E-state index in [0.29, 0.717) is 19.9 Å². The zero-order valence-corrected chi connectivity index (χ0v) is 19.3. The number of carbonyl (C=O) groups is 1. The van der Waals surface area contributed by atoms with Crippen molar-refractivity contribution in [2.24, 2.45) is 0 Å². The van der Waals surface area contributed by atoms with E-state index in [9.17, 15) is 4.79 Å². The Morgan fingerprint density at radius 1 is 0.743 bits per heavy atom. The largest absolute Gasteiger partial charge is 0.379 e. The Bertz CT molecular complexity index is 1490. The average Bonchev–Trinajstić information content (AvgIpc) is 3.60. The van der Waals surface area contributed by atoms with E-state index in [1.807, 2.05) is 53.7 Å². The van der Waals surface area contributed by atoms with Gasteiger partial charge in [0.1, 0.15) is 5.41 Å². The van der Waals surface area contributed by atoms with Crippen LogP contribution in [0.25, 0.3) is 21.8 Å². The molecule has 2 aliphatic rings. The molecule has 1 saturated heterocycles. The Balaban J connectivity index is 1.53. The van der Waals surface area contributed by atoms with E-state index >= 15 is 0 Å². The predicted molar refractivity (Wildman–Crippen MR) is 138 cm³/mol. The number of ether oxygens (including phenoxy) is 1. The summed E-state index contributed by atoms with van der Waals surface area (Å²) in [5, 5.41) is 2.13. The number of nitrogens with zero attached hydrogens (tertiary/aromatic N) is 2. The fraction of sp³-hybridized carbons (Fsp3) is 0.207. The number of rotatable bonds is 4. The summed E-state index contributed by atoms with van der Waals surface area (Å²) in [7, 11) is 0. The zero-order chi connectivity index (χ0) is 23.4. The van der Waals surface area contributed by atoms with E-state index in [1.54, 1.807) is 0 Å². The second-order valence-electron chi connectivity index (χ2n) is 9.37. The van der Waals surface area contributed by atoms with Gasteiger partial charge in [-0.25, -0.2) is 0 Å². The lowest BCUT2D eigenvalue weighted by atomic mass is 9.70. The first kappa shape index (κ1) is 20.5. The molecule has 6 heteroatoms. The van der Waals surface area contributed by atoms with Crippen LogP contribution in [0.5, 0.6) is 0 Å². The molecule has 0 bridgehead atoms. The van der Waals surface area contributed by atoms with E-state index in [-0.39, 0.29) is 5.91 Å². The number of nitrogens with one attached hydrogen (secondary N) is 2. The van der Waals surface area contributed by atoms with Gasteiger partial charge in [-0.15, -0.1) is 0 Å². The average molecular weight is 463 g/mol. The molecule has 174 valence electrons. The summed E-state index contributed by atoms with van der Waals surface area (Å²) in [5.74, 6) is 0.0831. The highest BCUT2D eigenvalue weighted by molar-refractivity contribution is 6.16. The molecule has 0 radical (unpaired) electrons. The Hall–Kier alpha value is -3.87. The molecule has 0 atom stereocenters. The molecule has 6 nitrogen and oxygen atoms in total. The molecule has 1 amide bonds. The zero-order valence-electron chi connectivity index (χ0n) is 19.3. The molecule has 0 saturated carbocycles. The van der Waals surface area contributed by atoms with E-state index in [2.05, 4.69) is 51.3 Å². The van der Waals surface area contributed by atoms with Crippen LogP contribution in [-0.4, -0.2) is 53.7 Å². The topological polar surface area (TPSA) is 64.4 Å². The molecule has 2 N–H and O–H groups in total. The lowest BCUT2D eigenvalue weighted by molar-refractivity contribution is -0.121. The summed E-state index contributed by atoms with van der Waals surface area (Å²) in [6.45, 7) is 3.57. The number of morpholine rings is 1. The van der Waals surface area contributed by atoms with Gasteiger partial charge in [0.05, 0.1) is 25.6 Å². The molecule has 0 aliphatic carbocycles. The molecular formula is C29H26N4O2. The maximum atomic E-state index is 14.9. The Morgan fingerprint density at radius 2 is 1.31 bits per heavy atom. The van der Waals surface area contributed by atoms with Crippen LogP contribution in [0.3, 0.4) is 0 Å². The number of hydrogen-bond donors (Lipinski definition) is 2. The SMILES string of the molecule is O=C1N(CN2CCOCC2)c2ccccc2C1(c1c[nH]c2ccccc12)c1c[nH]c2ccccc12. The fourth-order valence-electron chi connectivity index (χ4n) is 5.97. The third-order valence-corrected chi connectivity index (χ3v) is 7.60. The van der Waals surface area contributed by atoms with Crippen molar-refractivity contribution >= 4 is 33.4 Å². The van der Waals surface area contributed by atoms with Crippen LogP contribution in [0.2, 0.25) is 0 Å². The standard InChI is InChI=1S/C29H26N4O2/c34-28-29(23-17-30-25-10-4-1-7-20(23)25,24-18-31-26-11-5-2-8-21(24)26)22-9-3-6-12-27(22)33(28)19-32-13-15-35-16-14-32/h1-12,17-18,30-31H,13-16,19H2. The first-order valence-electron chi connectivity index (χ1n) is 12.1. The molecule has 2 aliphatic heterocycles. The second-order valence-corrected chi connectivity index (χ2v) is 9.37. The highest BCUT2D eigenvalue weighted by Crippen LogP contribution is 2.53. The van der Waals surface area contributed by atoms with E-state index in [4.69, 9.17) is 4.74 Å². The van der Waals surface area contributed by atoms with E-state index in [0.717, 1.165) is 57.3 Å². The molecule has 4 heterocycles. The summed E-state index contributed by atoms with van der Waals surface area (Å²) < 4.78 is 5.56. The normalized spacial score (nSPS) is 17.9. The van der Waals surface area contributed by atoms with Crippen LogP contribution in [0.4, 0.5) is 5.69 Å². The molecule has 0 spiro atoms. The fourth-order valence-corrected chi connectivity index (χ4v) is 5.97. The molecule has 3 aromatic carbocycles. The van der Waals surface area contributed by atoms with Gasteiger partial charge in [0, 0.05) is 64.0 Å². The molecule has 1 fully saturated rings. The van der Waals surface area contributed by atoms with Crippen molar-refractivity contribution in [3.63, 3.8) is 0 Å². The van der Waals surface area contributed by atoms with Crippen molar-refractivity contribution in [3.8, 4) is 0 Å². The summed E-state index contributed by atoms with van der Waals surface area (Å²) in [6, 6.07) is 24.8. The molecular weight excluding hydrogens is 436 g/mol. The van der Waals surface area contributed by atoms with Gasteiger partial charge in [-0.3, -0.25) is 14.6 Å². The van der Waals surface area contributed by atoms with Crippen LogP contribution >= 0.6 is 0 Å². The number of aromatic amines is 2.